The maximum Gasteiger partial charge on any atom is 0.132 e. The van der Waals surface area contributed by atoms with E-state index >= 15 is 0 Å². The number of H-pyrrole nitrogens is 2. The molecule has 6 aromatic rings. The fourth-order valence-corrected chi connectivity index (χ4v) is 7.96. The number of benzene rings is 2. The van der Waals surface area contributed by atoms with Crippen LogP contribution in [0.5, 0.6) is 11.5 Å². The van der Waals surface area contributed by atoms with E-state index in [2.05, 4.69) is 83.1 Å². The Hall–Kier alpha value is -5.34. The van der Waals surface area contributed by atoms with Crippen molar-refractivity contribution in [2.45, 2.75) is 77.8 Å². The average molecular weight is 745 g/mol. The molecule has 288 valence electrons. The number of ether oxygens (including phenoxy) is 2. The zero-order chi connectivity index (χ0) is 38.2. The molecule has 2 fully saturated rings. The molecule has 2 aliphatic heterocycles. The van der Waals surface area contributed by atoms with Gasteiger partial charge in [0.25, 0.3) is 0 Å². The largest absolute Gasteiger partial charge is 0.491 e. The highest BCUT2D eigenvalue weighted by Gasteiger charge is 2.33. The molecule has 3 atom stereocenters. The summed E-state index contributed by atoms with van der Waals surface area (Å²) in [7, 11) is 4.51. The van der Waals surface area contributed by atoms with E-state index in [1.165, 1.54) is 0 Å². The summed E-state index contributed by atoms with van der Waals surface area (Å²) in [6.45, 7) is 15.0. The minimum Gasteiger partial charge on any atom is -0.491 e. The molecule has 0 saturated carbocycles. The van der Waals surface area contributed by atoms with Gasteiger partial charge < -0.3 is 19.3 Å². The molecule has 2 saturated heterocycles. The third kappa shape index (κ3) is 7.78. The average Bonchev–Trinajstić information content (AvgIpc) is 3.79. The monoisotopic (exact) mass is 744 g/mol. The smallest absolute Gasteiger partial charge is 0.132 e. The Morgan fingerprint density at radius 1 is 0.655 bits per heavy atom. The normalized spacial score (nSPS) is 20.0. The van der Waals surface area contributed by atoms with Crippen LogP contribution in [0.25, 0.3) is 44.6 Å². The lowest BCUT2D eigenvalue weighted by atomic mass is 9.98. The first-order valence-corrected chi connectivity index (χ1v) is 19.5. The van der Waals surface area contributed by atoms with Gasteiger partial charge in [0.1, 0.15) is 47.2 Å². The molecule has 0 spiro atoms. The number of aromatic amines is 2. The quantitative estimate of drug-likeness (QED) is 0.160. The van der Waals surface area contributed by atoms with Crippen molar-refractivity contribution in [2.75, 3.05) is 56.6 Å². The lowest BCUT2D eigenvalue weighted by Gasteiger charge is -2.46. The van der Waals surface area contributed by atoms with Crippen LogP contribution in [-0.4, -0.2) is 127 Å². The molecule has 0 aliphatic carbocycles. The van der Waals surface area contributed by atoms with E-state index in [-0.39, 0.29) is 12.2 Å². The van der Waals surface area contributed by atoms with Gasteiger partial charge in [-0.2, -0.15) is 10.2 Å². The van der Waals surface area contributed by atoms with Crippen molar-refractivity contribution in [3.63, 3.8) is 0 Å². The third-order valence-corrected chi connectivity index (χ3v) is 11.0. The predicted octanol–water partition coefficient (Wildman–Crippen LogP) is 6.04. The third-order valence-electron chi connectivity index (χ3n) is 11.0. The predicted molar refractivity (Wildman–Crippen MR) is 217 cm³/mol. The Morgan fingerprint density at radius 2 is 1.18 bits per heavy atom. The fraction of sp³-hybridized carbons (Fsp3) is 0.463. The number of likely N-dealkylation sites (N-methyl/N-ethyl adjacent to an activating group) is 2. The number of nitrogens with one attached hydrogen (secondary N) is 2. The Balaban J connectivity index is 0.953. The van der Waals surface area contributed by atoms with Crippen LogP contribution in [0.3, 0.4) is 0 Å². The molecule has 4 aromatic heterocycles. The van der Waals surface area contributed by atoms with Crippen LogP contribution >= 0.6 is 0 Å². The van der Waals surface area contributed by atoms with Crippen LogP contribution in [0, 0.1) is 0 Å². The van der Waals surface area contributed by atoms with E-state index < -0.39 is 0 Å². The fourth-order valence-electron chi connectivity index (χ4n) is 7.96. The van der Waals surface area contributed by atoms with Gasteiger partial charge in [0.05, 0.1) is 34.6 Å². The van der Waals surface area contributed by atoms with Gasteiger partial charge in [-0.25, -0.2) is 19.9 Å². The van der Waals surface area contributed by atoms with E-state index in [0.717, 1.165) is 113 Å². The van der Waals surface area contributed by atoms with Gasteiger partial charge in [-0.3, -0.25) is 20.0 Å². The molecule has 2 aliphatic rings. The molecular formula is C41H52N12O2. The summed E-state index contributed by atoms with van der Waals surface area (Å²) < 4.78 is 11.9. The van der Waals surface area contributed by atoms with Crippen molar-refractivity contribution in [1.29, 1.82) is 0 Å². The van der Waals surface area contributed by atoms with Gasteiger partial charge in [-0.05, 0) is 98.0 Å². The molecule has 8 rings (SSSR count). The number of fused-ring (bicyclic) bond motifs is 2. The molecule has 55 heavy (non-hydrogen) atoms. The second-order valence-electron chi connectivity index (χ2n) is 15.6. The number of rotatable bonds is 11. The minimum absolute atomic E-state index is 0.0870. The number of nitrogens with zero attached hydrogens (tertiary/aromatic N) is 10. The zero-order valence-electron chi connectivity index (χ0n) is 32.9. The molecule has 2 aromatic carbocycles. The van der Waals surface area contributed by atoms with Gasteiger partial charge in [-0.1, -0.05) is 0 Å². The maximum atomic E-state index is 5.97. The van der Waals surface area contributed by atoms with E-state index in [1.807, 2.05) is 64.1 Å². The van der Waals surface area contributed by atoms with Crippen LogP contribution in [0.2, 0.25) is 0 Å². The molecule has 14 nitrogen and oxygen atoms in total. The molecule has 0 radical (unpaired) electrons. The van der Waals surface area contributed by atoms with Crippen molar-refractivity contribution in [3.8, 4) is 34.3 Å². The van der Waals surface area contributed by atoms with Crippen LogP contribution in [0.15, 0.2) is 61.2 Å². The van der Waals surface area contributed by atoms with Gasteiger partial charge in [0, 0.05) is 73.8 Å². The summed E-state index contributed by atoms with van der Waals surface area (Å²) in [5, 5.41) is 17.6. The number of anilines is 2. The first-order chi connectivity index (χ1) is 26.6. The molecule has 14 heteroatoms. The van der Waals surface area contributed by atoms with Gasteiger partial charge in [0.15, 0.2) is 0 Å². The summed E-state index contributed by atoms with van der Waals surface area (Å²) in [6.07, 6.45) is 5.63. The van der Waals surface area contributed by atoms with Crippen molar-refractivity contribution in [2.24, 2.45) is 0 Å². The van der Waals surface area contributed by atoms with Crippen molar-refractivity contribution in [3.05, 3.63) is 61.2 Å². The second-order valence-corrected chi connectivity index (χ2v) is 15.6. The van der Waals surface area contributed by atoms with Crippen molar-refractivity contribution < 1.29 is 9.47 Å². The van der Waals surface area contributed by atoms with Crippen molar-refractivity contribution in [1.82, 2.24) is 50.1 Å². The lowest BCUT2D eigenvalue weighted by molar-refractivity contribution is 0.130. The SMILES string of the molecule is CC(C)Oc1ccc2[nH]nc(-c3cc(N4CCN(C)[C@@H](CC[C@@H]5CN(c6cc(-c7n[nH]c8ccc(OC(C)C)cc78)ncn6)C[C@H](C)N5C)C4)ncn3)c2c1. The molecule has 0 amide bonds. The second kappa shape index (κ2) is 15.4. The maximum absolute atomic E-state index is 5.97. The minimum atomic E-state index is 0.0870. The molecule has 0 unspecified atom stereocenters. The number of hydrogen-bond donors (Lipinski definition) is 2. The Bertz CT molecular complexity index is 2250. The van der Waals surface area contributed by atoms with E-state index in [4.69, 9.17) is 19.4 Å². The highest BCUT2D eigenvalue weighted by Crippen LogP contribution is 2.33. The summed E-state index contributed by atoms with van der Waals surface area (Å²) >= 11 is 0. The number of aromatic nitrogens is 8. The van der Waals surface area contributed by atoms with Crippen LogP contribution in [-0.2, 0) is 0 Å². The summed E-state index contributed by atoms with van der Waals surface area (Å²) in [5.41, 5.74) is 5.09. The van der Waals surface area contributed by atoms with Gasteiger partial charge in [0.2, 0.25) is 0 Å². The topological polar surface area (TPSA) is 140 Å². The van der Waals surface area contributed by atoms with Crippen LogP contribution in [0.1, 0.15) is 47.5 Å². The molecule has 2 N–H and O–H groups in total. The molecule has 6 heterocycles. The Morgan fingerprint density at radius 3 is 1.75 bits per heavy atom. The van der Waals surface area contributed by atoms with Crippen LogP contribution in [0.4, 0.5) is 11.6 Å². The van der Waals surface area contributed by atoms with E-state index in [0.29, 0.717) is 18.1 Å². The summed E-state index contributed by atoms with van der Waals surface area (Å²) in [6, 6.07) is 17.3. The summed E-state index contributed by atoms with van der Waals surface area (Å²) in [5.74, 6) is 3.49. The van der Waals surface area contributed by atoms with Gasteiger partial charge in [-0.15, -0.1) is 0 Å². The lowest BCUT2D eigenvalue weighted by Crippen LogP contribution is -2.57. The van der Waals surface area contributed by atoms with Crippen LogP contribution < -0.4 is 19.3 Å². The first kappa shape index (κ1) is 36.6. The standard InChI is InChI=1S/C41H52N12O2/c1-25(2)54-30-10-12-34-32(16-30)40(48-46-34)36-18-38(44-23-42-36)52-15-14-50(6)28(21-52)8-9-29-22-53(20-27(5)51(29)7)39-19-37(43-24-45-39)41-33-17-31(55-26(3)4)11-13-35(33)47-49-41/h10-13,16-19,23-29H,8-9,14-15,20-22H2,1-7H3,(H,46,48)(H,47,49)/t27-,28-,29+/m0/s1. The first-order valence-electron chi connectivity index (χ1n) is 19.5. The number of piperazine rings is 2. The highest BCUT2D eigenvalue weighted by atomic mass is 16.5. The van der Waals surface area contributed by atoms with E-state index in [1.54, 1.807) is 12.7 Å². The molecule has 0 bridgehead atoms. The highest BCUT2D eigenvalue weighted by molar-refractivity contribution is 5.94. The van der Waals surface area contributed by atoms with Crippen molar-refractivity contribution >= 4 is 33.4 Å². The van der Waals surface area contributed by atoms with Gasteiger partial charge >= 0.3 is 0 Å². The Labute approximate surface area is 322 Å². The van der Waals surface area contributed by atoms with E-state index in [9.17, 15) is 0 Å². The summed E-state index contributed by atoms with van der Waals surface area (Å²) in [4.78, 5) is 28.7. The zero-order valence-corrected chi connectivity index (χ0v) is 32.9. The molecular weight excluding hydrogens is 693 g/mol. The Kier molecular flexibility index (Phi) is 10.3. The number of hydrogen-bond acceptors (Lipinski definition) is 12.